The van der Waals surface area contributed by atoms with Crippen molar-refractivity contribution in [3.05, 3.63) is 18.2 Å². The van der Waals surface area contributed by atoms with E-state index in [2.05, 4.69) is 4.98 Å². The zero-order valence-corrected chi connectivity index (χ0v) is 9.14. The van der Waals surface area contributed by atoms with Gasteiger partial charge in [-0.25, -0.2) is 9.78 Å². The first-order chi connectivity index (χ1) is 6.91. The molecule has 1 rings (SSSR count). The average Bonchev–Trinajstić information content (AvgIpc) is 2.64. The second kappa shape index (κ2) is 4.02. The second-order valence-electron chi connectivity index (χ2n) is 4.00. The van der Waals surface area contributed by atoms with E-state index in [0.717, 1.165) is 0 Å². The van der Waals surface area contributed by atoms with E-state index < -0.39 is 17.5 Å². The lowest BCUT2D eigenvalue weighted by molar-refractivity contribution is -0.150. The number of aromatic nitrogens is 2. The number of hydrogen-bond donors (Lipinski definition) is 2. The van der Waals surface area contributed by atoms with Gasteiger partial charge >= 0.3 is 5.97 Å². The van der Waals surface area contributed by atoms with Crippen molar-refractivity contribution in [1.29, 1.82) is 0 Å². The largest absolute Gasteiger partial charge is 0.479 e. The third-order valence-corrected chi connectivity index (χ3v) is 2.55. The van der Waals surface area contributed by atoms with Crippen LogP contribution >= 0.6 is 0 Å². The number of aliphatic hydroxyl groups excluding tert-OH is 1. The van der Waals surface area contributed by atoms with E-state index in [1.54, 1.807) is 26.2 Å². The Morgan fingerprint density at radius 2 is 2.27 bits per heavy atom. The maximum Gasteiger partial charge on any atom is 0.333 e. The summed E-state index contributed by atoms with van der Waals surface area (Å²) in [6.45, 7) is 5.97. The smallest absolute Gasteiger partial charge is 0.333 e. The molecule has 0 amide bonds. The summed E-state index contributed by atoms with van der Waals surface area (Å²) in [5, 5.41) is 18.4. The first kappa shape index (κ1) is 11.7. The lowest BCUT2D eigenvalue weighted by Crippen LogP contribution is -2.41. The number of carbonyl (C=O) groups is 1. The van der Waals surface area contributed by atoms with Crippen LogP contribution in [0.2, 0.25) is 0 Å². The topological polar surface area (TPSA) is 75.3 Å². The maximum atomic E-state index is 10.8. The van der Waals surface area contributed by atoms with Gasteiger partial charge in [-0.2, -0.15) is 0 Å². The van der Waals surface area contributed by atoms with Crippen molar-refractivity contribution >= 4 is 5.97 Å². The van der Waals surface area contributed by atoms with Crippen LogP contribution < -0.4 is 0 Å². The summed E-state index contributed by atoms with van der Waals surface area (Å²) >= 11 is 0. The van der Waals surface area contributed by atoms with Crippen molar-refractivity contribution in [2.45, 2.75) is 38.8 Å². The molecule has 0 bridgehead atoms. The van der Waals surface area contributed by atoms with E-state index in [1.807, 2.05) is 11.5 Å². The predicted molar refractivity (Wildman–Crippen MR) is 54.6 cm³/mol. The number of carboxylic acids is 1. The highest BCUT2D eigenvalue weighted by molar-refractivity contribution is 5.74. The number of nitrogens with zero attached hydrogens (tertiary/aromatic N) is 2. The molecule has 15 heavy (non-hydrogen) atoms. The van der Waals surface area contributed by atoms with Gasteiger partial charge in [0.05, 0.1) is 5.41 Å². The van der Waals surface area contributed by atoms with Crippen molar-refractivity contribution in [2.75, 3.05) is 0 Å². The second-order valence-corrected chi connectivity index (χ2v) is 4.00. The molecule has 1 aromatic rings. The quantitative estimate of drug-likeness (QED) is 0.767. The molecular formula is C10H16N2O3. The van der Waals surface area contributed by atoms with Crippen LogP contribution in [0.4, 0.5) is 0 Å². The number of imidazole rings is 1. The third-order valence-electron chi connectivity index (χ3n) is 2.55. The zero-order valence-electron chi connectivity index (χ0n) is 9.14. The minimum atomic E-state index is -1.45. The van der Waals surface area contributed by atoms with Crippen LogP contribution in [0, 0.1) is 0 Å². The van der Waals surface area contributed by atoms with Gasteiger partial charge in [0.1, 0.15) is 5.82 Å². The Morgan fingerprint density at radius 3 is 2.73 bits per heavy atom. The summed E-state index contributed by atoms with van der Waals surface area (Å²) in [5.41, 5.74) is -0.897. The van der Waals surface area contributed by atoms with Crippen molar-refractivity contribution in [2.24, 2.45) is 0 Å². The Balaban J connectivity index is 3.10. The van der Waals surface area contributed by atoms with Crippen molar-refractivity contribution < 1.29 is 15.0 Å². The molecular weight excluding hydrogens is 196 g/mol. The molecule has 0 aliphatic heterocycles. The Kier molecular flexibility index (Phi) is 3.14. The Bertz CT molecular complexity index is 357. The molecule has 2 N–H and O–H groups in total. The molecule has 5 heteroatoms. The Morgan fingerprint density at radius 1 is 1.67 bits per heavy atom. The molecule has 0 fully saturated rings. The van der Waals surface area contributed by atoms with Crippen LogP contribution in [0.25, 0.3) is 0 Å². The van der Waals surface area contributed by atoms with E-state index >= 15 is 0 Å². The van der Waals surface area contributed by atoms with Crippen LogP contribution in [0.15, 0.2) is 12.4 Å². The van der Waals surface area contributed by atoms with Gasteiger partial charge in [0.25, 0.3) is 0 Å². The molecule has 1 unspecified atom stereocenters. The number of aliphatic carboxylic acids is 1. The van der Waals surface area contributed by atoms with Gasteiger partial charge in [-0.05, 0) is 20.8 Å². The molecule has 0 aliphatic rings. The fraction of sp³-hybridized carbons (Fsp3) is 0.600. The first-order valence-corrected chi connectivity index (χ1v) is 4.83. The maximum absolute atomic E-state index is 10.8. The molecule has 5 nitrogen and oxygen atoms in total. The number of rotatable bonds is 4. The third kappa shape index (κ3) is 2.02. The molecule has 84 valence electrons. The highest BCUT2D eigenvalue weighted by Crippen LogP contribution is 2.25. The van der Waals surface area contributed by atoms with Gasteiger partial charge in [-0.15, -0.1) is 0 Å². The molecule has 0 spiro atoms. The van der Waals surface area contributed by atoms with Crippen molar-refractivity contribution in [3.8, 4) is 0 Å². The van der Waals surface area contributed by atoms with E-state index in [9.17, 15) is 9.90 Å². The van der Waals surface area contributed by atoms with E-state index in [4.69, 9.17) is 5.11 Å². The summed E-state index contributed by atoms with van der Waals surface area (Å²) in [7, 11) is 0. The summed E-state index contributed by atoms with van der Waals surface area (Å²) in [4.78, 5) is 14.9. The van der Waals surface area contributed by atoms with E-state index in [0.29, 0.717) is 12.4 Å². The monoisotopic (exact) mass is 212 g/mol. The Labute approximate surface area is 88.4 Å². The fourth-order valence-corrected chi connectivity index (χ4v) is 1.55. The van der Waals surface area contributed by atoms with Crippen LogP contribution in [-0.2, 0) is 16.8 Å². The highest BCUT2D eigenvalue weighted by Gasteiger charge is 2.38. The van der Waals surface area contributed by atoms with E-state index in [-0.39, 0.29) is 0 Å². The molecule has 0 saturated heterocycles. The SMILES string of the molecule is CCn1ccnc1C(C)(C)C(O)C(=O)O. The number of aryl methyl sites for hydroxylation is 1. The van der Waals surface area contributed by atoms with Crippen molar-refractivity contribution in [3.63, 3.8) is 0 Å². The van der Waals surface area contributed by atoms with Crippen LogP contribution in [-0.4, -0.2) is 31.8 Å². The number of carboxylic acid groups (broad SMARTS) is 1. The number of aliphatic hydroxyl groups is 1. The summed E-state index contributed by atoms with van der Waals surface area (Å²) < 4.78 is 1.83. The average molecular weight is 212 g/mol. The standard InChI is InChI=1S/C10H16N2O3/c1-4-12-6-5-11-9(12)10(2,3)7(13)8(14)15/h5-7,13H,4H2,1-3H3,(H,14,15). The minimum Gasteiger partial charge on any atom is -0.479 e. The first-order valence-electron chi connectivity index (χ1n) is 4.83. The lowest BCUT2D eigenvalue weighted by atomic mass is 9.85. The van der Waals surface area contributed by atoms with Gasteiger partial charge in [0.2, 0.25) is 0 Å². The highest BCUT2D eigenvalue weighted by atomic mass is 16.4. The lowest BCUT2D eigenvalue weighted by Gasteiger charge is -2.27. The van der Waals surface area contributed by atoms with Crippen LogP contribution in [0.1, 0.15) is 26.6 Å². The van der Waals surface area contributed by atoms with Gasteiger partial charge in [0, 0.05) is 18.9 Å². The van der Waals surface area contributed by atoms with Crippen LogP contribution in [0.5, 0.6) is 0 Å². The molecule has 0 aromatic carbocycles. The molecule has 0 radical (unpaired) electrons. The molecule has 1 atom stereocenters. The predicted octanol–water partition coefficient (Wildman–Crippen LogP) is 0.626. The molecule has 0 aliphatic carbocycles. The Hall–Kier alpha value is -1.36. The fourth-order valence-electron chi connectivity index (χ4n) is 1.55. The summed E-state index contributed by atoms with van der Waals surface area (Å²) in [6, 6.07) is 0. The van der Waals surface area contributed by atoms with Crippen molar-refractivity contribution in [1.82, 2.24) is 9.55 Å². The van der Waals surface area contributed by atoms with Gasteiger partial charge < -0.3 is 14.8 Å². The van der Waals surface area contributed by atoms with Gasteiger partial charge in [-0.3, -0.25) is 0 Å². The molecule has 1 heterocycles. The van der Waals surface area contributed by atoms with Crippen LogP contribution in [0.3, 0.4) is 0 Å². The van der Waals surface area contributed by atoms with Gasteiger partial charge in [0.15, 0.2) is 6.10 Å². The van der Waals surface area contributed by atoms with Gasteiger partial charge in [-0.1, -0.05) is 0 Å². The molecule has 1 aromatic heterocycles. The number of hydrogen-bond acceptors (Lipinski definition) is 3. The normalized spacial score (nSPS) is 13.9. The molecule has 0 saturated carbocycles. The van der Waals surface area contributed by atoms with E-state index in [1.165, 1.54) is 0 Å². The summed E-state index contributed by atoms with van der Waals surface area (Å²) in [5.74, 6) is -0.648. The zero-order chi connectivity index (χ0) is 11.6. The summed E-state index contributed by atoms with van der Waals surface area (Å²) in [6.07, 6.45) is 1.92. The minimum absolute atomic E-state index is 0.583.